The fourth-order valence-electron chi connectivity index (χ4n) is 2.16. The van der Waals surface area contributed by atoms with Gasteiger partial charge in [0.25, 0.3) is 5.91 Å². The molecule has 0 unspecified atom stereocenters. The Morgan fingerprint density at radius 3 is 2.27 bits per heavy atom. The van der Waals surface area contributed by atoms with Gasteiger partial charge < -0.3 is 0 Å². The Morgan fingerprint density at radius 1 is 1.08 bits per heavy atom. The second kappa shape index (κ2) is 9.33. The maximum atomic E-state index is 12.1. The molecule has 0 saturated heterocycles. The summed E-state index contributed by atoms with van der Waals surface area (Å²) in [5, 5.41) is 0.747. The van der Waals surface area contributed by atoms with Crippen molar-refractivity contribution < 1.29 is 9.59 Å². The average molecular weight is 372 g/mol. The number of nitrogens with zero attached hydrogens (tertiary/aromatic N) is 2. The fraction of sp³-hybridized carbons (Fsp3) is 0.368. The minimum atomic E-state index is -0.335. The van der Waals surface area contributed by atoms with E-state index in [0.717, 1.165) is 34.3 Å². The van der Waals surface area contributed by atoms with Crippen LogP contribution >= 0.6 is 11.8 Å². The maximum Gasteiger partial charge on any atom is 0.269 e. The van der Waals surface area contributed by atoms with Gasteiger partial charge in [0.1, 0.15) is 0 Å². The van der Waals surface area contributed by atoms with Crippen molar-refractivity contribution >= 4 is 23.6 Å². The lowest BCUT2D eigenvalue weighted by molar-refractivity contribution is -0.125. The zero-order chi connectivity index (χ0) is 19.1. The summed E-state index contributed by atoms with van der Waals surface area (Å²) in [6, 6.07) is 9.20. The third-order valence-corrected chi connectivity index (χ3v) is 4.82. The summed E-state index contributed by atoms with van der Waals surface area (Å²) in [6.07, 6.45) is 0.720. The van der Waals surface area contributed by atoms with Crippen molar-refractivity contribution in [3.05, 3.63) is 52.8 Å². The smallest absolute Gasteiger partial charge is 0.269 e. The van der Waals surface area contributed by atoms with Crippen LogP contribution in [0.4, 0.5) is 0 Å². The van der Waals surface area contributed by atoms with Crippen LogP contribution in [0.5, 0.6) is 0 Å². The summed E-state index contributed by atoms with van der Waals surface area (Å²) in [5.41, 5.74) is 8.34. The van der Waals surface area contributed by atoms with Gasteiger partial charge in [-0.1, -0.05) is 37.7 Å². The van der Waals surface area contributed by atoms with Gasteiger partial charge in [0, 0.05) is 28.6 Å². The molecule has 0 radical (unpaired) electrons. The Bertz CT molecular complexity index is 757. The van der Waals surface area contributed by atoms with Gasteiger partial charge in [-0.3, -0.25) is 20.4 Å². The van der Waals surface area contributed by atoms with E-state index in [1.54, 1.807) is 23.9 Å². The first-order valence-corrected chi connectivity index (χ1v) is 9.51. The van der Waals surface area contributed by atoms with Crippen LogP contribution in [0.15, 0.2) is 35.5 Å². The molecule has 0 bridgehead atoms. The number of carbonyl (C=O) groups excluding carboxylic acids is 2. The van der Waals surface area contributed by atoms with E-state index in [2.05, 4.69) is 20.8 Å². The number of aryl methyl sites for hydroxylation is 2. The van der Waals surface area contributed by atoms with E-state index in [-0.39, 0.29) is 17.7 Å². The molecule has 1 aromatic heterocycles. The summed E-state index contributed by atoms with van der Waals surface area (Å²) in [6.45, 7) is 7.64. The Hall–Kier alpha value is -2.41. The van der Waals surface area contributed by atoms with Crippen LogP contribution in [-0.4, -0.2) is 21.8 Å². The van der Waals surface area contributed by atoms with E-state index in [0.29, 0.717) is 5.56 Å². The molecule has 1 atom stereocenters. The quantitative estimate of drug-likeness (QED) is 0.462. The van der Waals surface area contributed by atoms with Crippen LogP contribution in [0, 0.1) is 19.8 Å². The number of amides is 2. The molecular formula is C19H24N4O2S. The molecule has 7 heteroatoms. The molecular weight excluding hydrogens is 348 g/mol. The van der Waals surface area contributed by atoms with Crippen LogP contribution in [0.2, 0.25) is 0 Å². The zero-order valence-corrected chi connectivity index (χ0v) is 16.3. The molecule has 2 amide bonds. The fourth-order valence-corrected chi connectivity index (χ4v) is 3.06. The van der Waals surface area contributed by atoms with Crippen LogP contribution in [0.25, 0.3) is 0 Å². The summed E-state index contributed by atoms with van der Waals surface area (Å²) in [4.78, 5) is 32.6. The van der Waals surface area contributed by atoms with Gasteiger partial charge in [0.15, 0.2) is 5.16 Å². The van der Waals surface area contributed by atoms with Gasteiger partial charge in [-0.25, -0.2) is 9.97 Å². The molecule has 0 saturated carbocycles. The van der Waals surface area contributed by atoms with Gasteiger partial charge >= 0.3 is 0 Å². The van der Waals surface area contributed by atoms with Gasteiger partial charge in [-0.2, -0.15) is 0 Å². The highest BCUT2D eigenvalue weighted by Gasteiger charge is 2.12. The van der Waals surface area contributed by atoms with Crippen molar-refractivity contribution in [2.75, 3.05) is 0 Å². The van der Waals surface area contributed by atoms with Gasteiger partial charge in [-0.15, -0.1) is 0 Å². The summed E-state index contributed by atoms with van der Waals surface area (Å²) < 4.78 is 0. The number of hydrogen-bond acceptors (Lipinski definition) is 5. The molecule has 0 aliphatic rings. The summed E-state index contributed by atoms with van der Waals surface area (Å²) in [5.74, 6) is 0.0539. The predicted molar refractivity (Wildman–Crippen MR) is 103 cm³/mol. The molecule has 2 N–H and O–H groups in total. The van der Waals surface area contributed by atoms with Crippen molar-refractivity contribution in [2.45, 2.75) is 45.0 Å². The second-order valence-electron chi connectivity index (χ2n) is 6.17. The molecule has 0 spiro atoms. The minimum absolute atomic E-state index is 0.137. The van der Waals surface area contributed by atoms with Gasteiger partial charge in [-0.05, 0) is 44.0 Å². The standard InChI is InChI=1S/C19H24N4O2S/c1-5-12(2)17(24)22-23-18(25)16-8-6-15(7-9-16)11-26-19-20-13(3)10-14(4)21-19/h6-10,12H,5,11H2,1-4H3,(H,22,24)(H,23,25)/t12-/m1/s1. The third kappa shape index (κ3) is 5.84. The molecule has 0 aliphatic carbocycles. The largest absolute Gasteiger partial charge is 0.273 e. The monoisotopic (exact) mass is 372 g/mol. The maximum absolute atomic E-state index is 12.1. The Morgan fingerprint density at radius 2 is 1.69 bits per heavy atom. The third-order valence-electron chi connectivity index (χ3n) is 3.91. The number of hydrazine groups is 1. The van der Waals surface area contributed by atoms with E-state index >= 15 is 0 Å². The highest BCUT2D eigenvalue weighted by molar-refractivity contribution is 7.98. The number of benzene rings is 1. The van der Waals surface area contributed by atoms with Crippen LogP contribution in [-0.2, 0) is 10.5 Å². The molecule has 2 rings (SSSR count). The zero-order valence-electron chi connectivity index (χ0n) is 15.5. The summed E-state index contributed by atoms with van der Waals surface area (Å²) >= 11 is 1.56. The lowest BCUT2D eigenvalue weighted by Crippen LogP contribution is -2.43. The number of carbonyl (C=O) groups is 2. The molecule has 0 fully saturated rings. The first kappa shape index (κ1) is 19.9. The van der Waals surface area contributed by atoms with Crippen molar-refractivity contribution in [2.24, 2.45) is 5.92 Å². The molecule has 6 nitrogen and oxygen atoms in total. The van der Waals surface area contributed by atoms with Crippen molar-refractivity contribution in [3.63, 3.8) is 0 Å². The van der Waals surface area contributed by atoms with E-state index in [1.165, 1.54) is 0 Å². The molecule has 26 heavy (non-hydrogen) atoms. The topological polar surface area (TPSA) is 84.0 Å². The lowest BCUT2D eigenvalue weighted by atomic mass is 10.1. The minimum Gasteiger partial charge on any atom is -0.273 e. The van der Waals surface area contributed by atoms with Crippen molar-refractivity contribution in [1.82, 2.24) is 20.8 Å². The Kier molecular flexibility index (Phi) is 7.15. The van der Waals surface area contributed by atoms with Gasteiger partial charge in [0.05, 0.1) is 0 Å². The van der Waals surface area contributed by atoms with E-state index in [1.807, 2.05) is 45.9 Å². The predicted octanol–water partition coefficient (Wildman–Crippen LogP) is 3.19. The Labute approximate surface area is 158 Å². The second-order valence-corrected chi connectivity index (χ2v) is 7.11. The van der Waals surface area contributed by atoms with E-state index < -0.39 is 0 Å². The molecule has 1 heterocycles. The van der Waals surface area contributed by atoms with E-state index in [4.69, 9.17) is 0 Å². The first-order chi connectivity index (χ1) is 12.4. The molecule has 1 aromatic carbocycles. The summed E-state index contributed by atoms with van der Waals surface area (Å²) in [7, 11) is 0. The molecule has 138 valence electrons. The average Bonchev–Trinajstić information content (AvgIpc) is 2.63. The number of hydrogen-bond donors (Lipinski definition) is 2. The van der Waals surface area contributed by atoms with Crippen LogP contribution in [0.1, 0.15) is 47.6 Å². The van der Waals surface area contributed by atoms with Crippen molar-refractivity contribution in [3.8, 4) is 0 Å². The van der Waals surface area contributed by atoms with Gasteiger partial charge in [0.2, 0.25) is 5.91 Å². The highest BCUT2D eigenvalue weighted by atomic mass is 32.2. The number of thioether (sulfide) groups is 1. The molecule has 0 aliphatic heterocycles. The van der Waals surface area contributed by atoms with Crippen LogP contribution in [0.3, 0.4) is 0 Å². The normalized spacial score (nSPS) is 11.7. The first-order valence-electron chi connectivity index (χ1n) is 8.53. The van der Waals surface area contributed by atoms with Crippen LogP contribution < -0.4 is 10.9 Å². The highest BCUT2D eigenvalue weighted by Crippen LogP contribution is 2.20. The number of aromatic nitrogens is 2. The molecule has 2 aromatic rings. The van der Waals surface area contributed by atoms with Crippen molar-refractivity contribution in [1.29, 1.82) is 0 Å². The lowest BCUT2D eigenvalue weighted by Gasteiger charge is -2.11. The number of rotatable bonds is 6. The van der Waals surface area contributed by atoms with E-state index in [9.17, 15) is 9.59 Å². The Balaban J connectivity index is 1.89. The number of nitrogens with one attached hydrogen (secondary N) is 2. The SMILES string of the molecule is CC[C@@H](C)C(=O)NNC(=O)c1ccc(CSc2nc(C)cc(C)n2)cc1.